The summed E-state index contributed by atoms with van der Waals surface area (Å²) in [4.78, 5) is 12.2. The van der Waals surface area contributed by atoms with Crippen LogP contribution in [0.15, 0.2) is 30.5 Å². The predicted molar refractivity (Wildman–Crippen MR) is 86.0 cm³/mol. The van der Waals surface area contributed by atoms with Crippen LogP contribution >= 0.6 is 23.2 Å². The molecule has 2 aromatic rings. The third-order valence-corrected chi connectivity index (χ3v) is 4.05. The van der Waals surface area contributed by atoms with Crippen molar-refractivity contribution in [2.24, 2.45) is 0 Å². The van der Waals surface area contributed by atoms with Crippen LogP contribution in [0.4, 0.5) is 5.82 Å². The van der Waals surface area contributed by atoms with Crippen LogP contribution in [0.25, 0.3) is 0 Å². The molecule has 1 aromatic carbocycles. The van der Waals surface area contributed by atoms with Crippen LogP contribution in [-0.2, 0) is 11.2 Å². The van der Waals surface area contributed by atoms with Crippen molar-refractivity contribution in [1.82, 2.24) is 9.78 Å². The Morgan fingerprint density at radius 3 is 2.62 bits per heavy atom. The van der Waals surface area contributed by atoms with E-state index in [1.807, 2.05) is 6.92 Å². The molecule has 0 spiro atoms. The second-order valence-corrected chi connectivity index (χ2v) is 5.66. The number of amides is 1. The highest BCUT2D eigenvalue weighted by atomic mass is 35.5. The molecule has 0 saturated heterocycles. The van der Waals surface area contributed by atoms with Crippen molar-refractivity contribution in [3.8, 4) is 0 Å². The highest BCUT2D eigenvalue weighted by molar-refractivity contribution is 6.36. The van der Waals surface area contributed by atoms with E-state index in [1.54, 1.807) is 35.1 Å². The summed E-state index contributed by atoms with van der Waals surface area (Å²) in [5, 5.41) is 8.07. The summed E-state index contributed by atoms with van der Waals surface area (Å²) in [7, 11) is 0. The first-order valence-electron chi connectivity index (χ1n) is 6.79. The van der Waals surface area contributed by atoms with Gasteiger partial charge in [-0.25, -0.2) is 4.68 Å². The molecule has 2 rings (SSSR count). The van der Waals surface area contributed by atoms with Gasteiger partial charge in [-0.2, -0.15) is 5.10 Å². The zero-order chi connectivity index (χ0) is 15.4. The van der Waals surface area contributed by atoms with Crippen molar-refractivity contribution in [3.05, 3.63) is 46.1 Å². The van der Waals surface area contributed by atoms with E-state index in [2.05, 4.69) is 17.3 Å². The monoisotopic (exact) mass is 325 g/mol. The Hall–Kier alpha value is -1.52. The Kier molecular flexibility index (Phi) is 5.26. The SMILES string of the molecule is CC[C@H](C)n1nccc1NC(=O)Cc1c(Cl)cccc1Cl. The Balaban J connectivity index is 2.11. The molecule has 112 valence electrons. The Labute approximate surface area is 134 Å². The van der Waals surface area contributed by atoms with E-state index in [4.69, 9.17) is 23.2 Å². The van der Waals surface area contributed by atoms with Crippen LogP contribution < -0.4 is 5.32 Å². The molecule has 0 radical (unpaired) electrons. The second-order valence-electron chi connectivity index (χ2n) is 4.84. The van der Waals surface area contributed by atoms with Crippen LogP contribution in [-0.4, -0.2) is 15.7 Å². The van der Waals surface area contributed by atoms with Crippen LogP contribution in [0, 0.1) is 0 Å². The number of aromatic nitrogens is 2. The summed E-state index contributed by atoms with van der Waals surface area (Å²) in [6, 6.07) is 7.19. The number of rotatable bonds is 5. The molecular weight excluding hydrogens is 309 g/mol. The molecule has 0 aliphatic rings. The molecule has 6 heteroatoms. The minimum atomic E-state index is -0.171. The number of halogens is 2. The van der Waals surface area contributed by atoms with Crippen molar-refractivity contribution >= 4 is 34.9 Å². The number of carbonyl (C=O) groups is 1. The Bertz CT molecular complexity index is 619. The van der Waals surface area contributed by atoms with Crippen LogP contribution in [0.5, 0.6) is 0 Å². The number of hydrogen-bond acceptors (Lipinski definition) is 2. The van der Waals surface area contributed by atoms with Gasteiger partial charge < -0.3 is 5.32 Å². The summed E-state index contributed by atoms with van der Waals surface area (Å²) in [6.07, 6.45) is 2.73. The van der Waals surface area contributed by atoms with Crippen LogP contribution in [0.3, 0.4) is 0 Å². The molecule has 1 atom stereocenters. The molecule has 0 unspecified atom stereocenters. The molecular formula is C15H17Cl2N3O. The lowest BCUT2D eigenvalue weighted by Crippen LogP contribution is -2.19. The van der Waals surface area contributed by atoms with Gasteiger partial charge in [-0.05, 0) is 31.0 Å². The first kappa shape index (κ1) is 15.9. The molecule has 1 heterocycles. The smallest absolute Gasteiger partial charge is 0.230 e. The lowest BCUT2D eigenvalue weighted by Gasteiger charge is -2.14. The van der Waals surface area contributed by atoms with Gasteiger partial charge in [0.2, 0.25) is 5.91 Å². The van der Waals surface area contributed by atoms with Gasteiger partial charge in [-0.15, -0.1) is 0 Å². The average molecular weight is 326 g/mol. The van der Waals surface area contributed by atoms with Gasteiger partial charge in [-0.1, -0.05) is 36.2 Å². The first-order chi connectivity index (χ1) is 10.0. The van der Waals surface area contributed by atoms with Crippen molar-refractivity contribution in [2.75, 3.05) is 5.32 Å². The summed E-state index contributed by atoms with van der Waals surface area (Å²) in [5.41, 5.74) is 0.632. The van der Waals surface area contributed by atoms with Gasteiger partial charge in [0.15, 0.2) is 0 Å². The van der Waals surface area contributed by atoms with Gasteiger partial charge in [0.05, 0.1) is 18.7 Å². The number of nitrogens with zero attached hydrogens (tertiary/aromatic N) is 2. The first-order valence-corrected chi connectivity index (χ1v) is 7.54. The third kappa shape index (κ3) is 3.77. The topological polar surface area (TPSA) is 46.9 Å². The van der Waals surface area contributed by atoms with E-state index < -0.39 is 0 Å². The molecule has 0 aliphatic heterocycles. The molecule has 0 aliphatic carbocycles. The number of nitrogens with one attached hydrogen (secondary N) is 1. The molecule has 0 saturated carbocycles. The lowest BCUT2D eigenvalue weighted by atomic mass is 10.1. The predicted octanol–water partition coefficient (Wildman–Crippen LogP) is 4.34. The fourth-order valence-corrected chi connectivity index (χ4v) is 2.52. The third-order valence-electron chi connectivity index (χ3n) is 3.35. The molecule has 1 aromatic heterocycles. The van der Waals surface area contributed by atoms with Gasteiger partial charge in [0, 0.05) is 16.1 Å². The van der Waals surface area contributed by atoms with Gasteiger partial charge in [0.25, 0.3) is 0 Å². The zero-order valence-corrected chi connectivity index (χ0v) is 13.4. The minimum Gasteiger partial charge on any atom is -0.311 e. The molecule has 1 N–H and O–H groups in total. The van der Waals surface area contributed by atoms with Crippen molar-refractivity contribution in [1.29, 1.82) is 0 Å². The van der Waals surface area contributed by atoms with E-state index in [-0.39, 0.29) is 18.4 Å². The molecule has 0 fully saturated rings. The van der Waals surface area contributed by atoms with E-state index in [0.717, 1.165) is 6.42 Å². The van der Waals surface area contributed by atoms with E-state index in [0.29, 0.717) is 21.4 Å². The fourth-order valence-electron chi connectivity index (χ4n) is 1.99. The summed E-state index contributed by atoms with van der Waals surface area (Å²) in [5.74, 6) is 0.507. The molecule has 0 bridgehead atoms. The minimum absolute atomic E-state index is 0.129. The maximum atomic E-state index is 12.2. The number of benzene rings is 1. The maximum Gasteiger partial charge on any atom is 0.230 e. The van der Waals surface area contributed by atoms with Gasteiger partial charge in [0.1, 0.15) is 5.82 Å². The van der Waals surface area contributed by atoms with E-state index in [9.17, 15) is 4.79 Å². The summed E-state index contributed by atoms with van der Waals surface area (Å²) < 4.78 is 1.80. The quantitative estimate of drug-likeness (QED) is 0.888. The Morgan fingerprint density at radius 2 is 2.00 bits per heavy atom. The maximum absolute atomic E-state index is 12.2. The number of carbonyl (C=O) groups excluding carboxylic acids is 1. The number of anilines is 1. The fraction of sp³-hybridized carbons (Fsp3) is 0.333. The van der Waals surface area contributed by atoms with E-state index in [1.165, 1.54) is 0 Å². The van der Waals surface area contributed by atoms with E-state index >= 15 is 0 Å². The van der Waals surface area contributed by atoms with Gasteiger partial charge in [-0.3, -0.25) is 4.79 Å². The highest BCUT2D eigenvalue weighted by Crippen LogP contribution is 2.25. The van der Waals surface area contributed by atoms with Gasteiger partial charge >= 0.3 is 0 Å². The normalized spacial score (nSPS) is 12.2. The Morgan fingerprint density at radius 1 is 1.33 bits per heavy atom. The second kappa shape index (κ2) is 6.96. The molecule has 21 heavy (non-hydrogen) atoms. The summed E-state index contributed by atoms with van der Waals surface area (Å²) >= 11 is 12.2. The van der Waals surface area contributed by atoms with Crippen molar-refractivity contribution in [2.45, 2.75) is 32.7 Å². The summed E-state index contributed by atoms with van der Waals surface area (Å²) in [6.45, 7) is 4.12. The average Bonchev–Trinajstić information content (AvgIpc) is 2.90. The van der Waals surface area contributed by atoms with Crippen molar-refractivity contribution in [3.63, 3.8) is 0 Å². The molecule has 4 nitrogen and oxygen atoms in total. The number of hydrogen-bond donors (Lipinski definition) is 1. The van der Waals surface area contributed by atoms with Crippen molar-refractivity contribution < 1.29 is 4.79 Å². The van der Waals surface area contributed by atoms with Crippen LogP contribution in [0.1, 0.15) is 31.9 Å². The largest absolute Gasteiger partial charge is 0.311 e. The highest BCUT2D eigenvalue weighted by Gasteiger charge is 2.14. The van der Waals surface area contributed by atoms with Crippen LogP contribution in [0.2, 0.25) is 10.0 Å². The lowest BCUT2D eigenvalue weighted by molar-refractivity contribution is -0.115. The molecule has 1 amide bonds. The zero-order valence-electron chi connectivity index (χ0n) is 11.9. The standard InChI is InChI=1S/C15H17Cl2N3O/c1-3-10(2)20-14(7-8-18-20)19-15(21)9-11-12(16)5-4-6-13(11)17/h4-8,10H,3,9H2,1-2H3,(H,19,21)/t10-/m0/s1.